The van der Waals surface area contributed by atoms with E-state index in [1.807, 2.05) is 18.2 Å². The van der Waals surface area contributed by atoms with E-state index in [1.165, 1.54) is 13.2 Å². The fourth-order valence-corrected chi connectivity index (χ4v) is 4.15. The van der Waals surface area contributed by atoms with Crippen molar-refractivity contribution in [2.45, 2.75) is 18.4 Å². The fraction of sp³-hybridized carbons (Fsp3) is 0.300. The van der Waals surface area contributed by atoms with Gasteiger partial charge in [0.2, 0.25) is 0 Å². The van der Waals surface area contributed by atoms with Crippen LogP contribution in [0.25, 0.3) is 0 Å². The number of hydrogen-bond donors (Lipinski definition) is 1. The molecule has 2 aromatic carbocycles. The van der Waals surface area contributed by atoms with Gasteiger partial charge in [0.25, 0.3) is 5.69 Å². The highest BCUT2D eigenvalue weighted by Crippen LogP contribution is 2.54. The third-order valence-electron chi connectivity index (χ3n) is 5.32. The lowest BCUT2D eigenvalue weighted by molar-refractivity contribution is -0.385. The Morgan fingerprint density at radius 3 is 2.62 bits per heavy atom. The number of allylic oxidation sites excluding steroid dienone is 2. The highest BCUT2D eigenvalue weighted by molar-refractivity contribution is 5.71. The van der Waals surface area contributed by atoms with Gasteiger partial charge in [-0.15, -0.1) is 0 Å². The molecule has 0 spiro atoms. The Bertz CT molecular complexity index is 893. The molecule has 1 aliphatic carbocycles. The molecular formula is C20H20N2O4. The van der Waals surface area contributed by atoms with Crippen LogP contribution < -0.4 is 14.8 Å². The molecule has 4 rings (SSSR count). The lowest BCUT2D eigenvalue weighted by atomic mass is 9.76. The van der Waals surface area contributed by atoms with Crippen molar-refractivity contribution in [3.05, 3.63) is 69.8 Å². The molecular weight excluding hydrogens is 332 g/mol. The Kier molecular flexibility index (Phi) is 4.03. The first-order valence-corrected chi connectivity index (χ1v) is 8.56. The SMILES string of the molecule is COc1ccccc1[C@@H]1Nc2c(OC)cc([N+](=O)[O-])cc2[C@H]2C=CC[C@@H]21. The maximum absolute atomic E-state index is 11.3. The average Bonchev–Trinajstić information content (AvgIpc) is 3.16. The number of para-hydroxylation sites is 1. The van der Waals surface area contributed by atoms with Gasteiger partial charge < -0.3 is 14.8 Å². The summed E-state index contributed by atoms with van der Waals surface area (Å²) in [6.45, 7) is 0. The molecule has 0 fully saturated rings. The number of methoxy groups -OCH3 is 2. The number of ether oxygens (including phenoxy) is 2. The number of nitrogens with zero attached hydrogens (tertiary/aromatic N) is 1. The zero-order valence-corrected chi connectivity index (χ0v) is 14.6. The van der Waals surface area contributed by atoms with Gasteiger partial charge >= 0.3 is 0 Å². The van der Waals surface area contributed by atoms with E-state index in [0.717, 1.165) is 29.0 Å². The lowest BCUT2D eigenvalue weighted by Crippen LogP contribution is -2.29. The van der Waals surface area contributed by atoms with Crippen molar-refractivity contribution in [2.24, 2.45) is 5.92 Å². The van der Waals surface area contributed by atoms with E-state index in [0.29, 0.717) is 5.75 Å². The molecule has 0 radical (unpaired) electrons. The quantitative estimate of drug-likeness (QED) is 0.500. The van der Waals surface area contributed by atoms with Gasteiger partial charge in [-0.1, -0.05) is 30.4 Å². The van der Waals surface area contributed by atoms with Crippen molar-refractivity contribution in [3.8, 4) is 11.5 Å². The van der Waals surface area contributed by atoms with Crippen LogP contribution in [0.4, 0.5) is 11.4 Å². The van der Waals surface area contributed by atoms with E-state index in [1.54, 1.807) is 13.2 Å². The highest BCUT2D eigenvalue weighted by Gasteiger charge is 2.41. The minimum absolute atomic E-state index is 0.0361. The minimum atomic E-state index is -0.372. The number of fused-ring (bicyclic) bond motifs is 3. The molecule has 1 heterocycles. The zero-order chi connectivity index (χ0) is 18.3. The van der Waals surface area contributed by atoms with Crippen LogP contribution in [-0.4, -0.2) is 19.1 Å². The van der Waals surface area contributed by atoms with Crippen molar-refractivity contribution >= 4 is 11.4 Å². The molecule has 0 aromatic heterocycles. The van der Waals surface area contributed by atoms with Gasteiger partial charge in [0.15, 0.2) is 0 Å². The van der Waals surface area contributed by atoms with Gasteiger partial charge in [-0.05, 0) is 24.0 Å². The molecule has 1 N–H and O–H groups in total. The lowest BCUT2D eigenvalue weighted by Gasteiger charge is -2.38. The summed E-state index contributed by atoms with van der Waals surface area (Å²) >= 11 is 0. The second kappa shape index (κ2) is 6.37. The number of nitrogens with one attached hydrogen (secondary N) is 1. The molecule has 0 bridgehead atoms. The smallest absolute Gasteiger partial charge is 0.273 e. The summed E-state index contributed by atoms with van der Waals surface area (Å²) in [6, 6.07) is 11.1. The largest absolute Gasteiger partial charge is 0.496 e. The zero-order valence-electron chi connectivity index (χ0n) is 14.6. The van der Waals surface area contributed by atoms with E-state index in [9.17, 15) is 10.1 Å². The fourth-order valence-electron chi connectivity index (χ4n) is 4.15. The van der Waals surface area contributed by atoms with Crippen LogP contribution in [0.5, 0.6) is 11.5 Å². The van der Waals surface area contributed by atoms with Gasteiger partial charge in [0.1, 0.15) is 11.5 Å². The van der Waals surface area contributed by atoms with Gasteiger partial charge in [-0.25, -0.2) is 0 Å². The number of nitro groups is 1. The molecule has 0 saturated carbocycles. The van der Waals surface area contributed by atoms with Crippen LogP contribution >= 0.6 is 0 Å². The maximum Gasteiger partial charge on any atom is 0.273 e. The molecule has 0 saturated heterocycles. The minimum Gasteiger partial charge on any atom is -0.496 e. The molecule has 1 aliphatic heterocycles. The van der Waals surface area contributed by atoms with E-state index in [2.05, 4.69) is 23.5 Å². The molecule has 0 amide bonds. The number of anilines is 1. The Morgan fingerprint density at radius 1 is 1.12 bits per heavy atom. The van der Waals surface area contributed by atoms with Gasteiger partial charge in [0.05, 0.1) is 36.9 Å². The normalized spacial score (nSPS) is 22.9. The van der Waals surface area contributed by atoms with Crippen molar-refractivity contribution in [1.82, 2.24) is 0 Å². The van der Waals surface area contributed by atoms with Crippen LogP contribution in [0, 0.1) is 16.0 Å². The predicted molar refractivity (Wildman–Crippen MR) is 99.0 cm³/mol. The highest BCUT2D eigenvalue weighted by atomic mass is 16.6. The van der Waals surface area contributed by atoms with Crippen molar-refractivity contribution < 1.29 is 14.4 Å². The van der Waals surface area contributed by atoms with Crippen LogP contribution in [0.2, 0.25) is 0 Å². The van der Waals surface area contributed by atoms with Crippen LogP contribution in [-0.2, 0) is 0 Å². The van der Waals surface area contributed by atoms with Crippen molar-refractivity contribution in [1.29, 1.82) is 0 Å². The molecule has 6 heteroatoms. The summed E-state index contributed by atoms with van der Waals surface area (Å²) in [5.74, 6) is 1.70. The first kappa shape index (κ1) is 16.4. The van der Waals surface area contributed by atoms with Gasteiger partial charge in [0, 0.05) is 17.5 Å². The third kappa shape index (κ3) is 2.49. The van der Waals surface area contributed by atoms with Crippen molar-refractivity contribution in [3.63, 3.8) is 0 Å². The van der Waals surface area contributed by atoms with E-state index >= 15 is 0 Å². The number of nitro benzene ring substituents is 1. The summed E-state index contributed by atoms with van der Waals surface area (Å²) < 4.78 is 11.0. The van der Waals surface area contributed by atoms with E-state index in [-0.39, 0.29) is 28.5 Å². The Balaban J connectivity index is 1.86. The Hall–Kier alpha value is -3.02. The second-order valence-corrected chi connectivity index (χ2v) is 6.59. The summed E-state index contributed by atoms with van der Waals surface area (Å²) in [5, 5.41) is 14.9. The molecule has 0 unspecified atom stereocenters. The molecule has 6 nitrogen and oxygen atoms in total. The molecule has 2 aliphatic rings. The molecule has 3 atom stereocenters. The van der Waals surface area contributed by atoms with Crippen LogP contribution in [0.1, 0.15) is 29.5 Å². The van der Waals surface area contributed by atoms with E-state index in [4.69, 9.17) is 9.47 Å². The number of non-ortho nitro benzene ring substituents is 1. The average molecular weight is 352 g/mol. The number of rotatable bonds is 4. The Labute approximate surface area is 151 Å². The third-order valence-corrected chi connectivity index (χ3v) is 5.32. The predicted octanol–water partition coefficient (Wildman–Crippen LogP) is 4.44. The summed E-state index contributed by atoms with van der Waals surface area (Å²) in [5.41, 5.74) is 2.87. The first-order valence-electron chi connectivity index (χ1n) is 8.56. The molecule has 2 aromatic rings. The topological polar surface area (TPSA) is 73.6 Å². The molecule has 134 valence electrons. The van der Waals surface area contributed by atoms with Crippen LogP contribution in [0.15, 0.2) is 48.6 Å². The van der Waals surface area contributed by atoms with Crippen LogP contribution in [0.3, 0.4) is 0 Å². The van der Waals surface area contributed by atoms with Crippen molar-refractivity contribution in [2.75, 3.05) is 19.5 Å². The molecule has 26 heavy (non-hydrogen) atoms. The standard InChI is InChI=1S/C20H20N2O4/c1-25-17-9-4-3-6-15(17)19-14-8-5-7-13(14)16-10-12(22(23)24)11-18(26-2)20(16)21-19/h3-7,9-11,13-14,19,21H,8H2,1-2H3/t13-,14-,19+/m0/s1. The monoisotopic (exact) mass is 352 g/mol. The van der Waals surface area contributed by atoms with Gasteiger partial charge in [-0.2, -0.15) is 0 Å². The maximum atomic E-state index is 11.3. The first-order chi connectivity index (χ1) is 12.6. The summed E-state index contributed by atoms with van der Waals surface area (Å²) in [7, 11) is 3.21. The Morgan fingerprint density at radius 2 is 1.88 bits per heavy atom. The second-order valence-electron chi connectivity index (χ2n) is 6.59. The number of hydrogen-bond acceptors (Lipinski definition) is 5. The summed E-state index contributed by atoms with van der Waals surface area (Å²) in [4.78, 5) is 10.9. The van der Waals surface area contributed by atoms with E-state index < -0.39 is 0 Å². The van der Waals surface area contributed by atoms with Gasteiger partial charge in [-0.3, -0.25) is 10.1 Å². The number of benzene rings is 2. The summed E-state index contributed by atoms with van der Waals surface area (Å²) in [6.07, 6.45) is 5.21.